The van der Waals surface area contributed by atoms with Crippen molar-refractivity contribution in [3.05, 3.63) is 41.6 Å². The van der Waals surface area contributed by atoms with Crippen molar-refractivity contribution >= 4 is 45.7 Å². The Morgan fingerprint density at radius 3 is 2.23 bits per heavy atom. The Morgan fingerprint density at radius 2 is 1.62 bits per heavy atom. The lowest BCUT2D eigenvalue weighted by molar-refractivity contribution is -0.132. The van der Waals surface area contributed by atoms with E-state index >= 15 is 0 Å². The fourth-order valence-electron chi connectivity index (χ4n) is 4.80. The van der Waals surface area contributed by atoms with Crippen molar-refractivity contribution in [1.29, 1.82) is 0 Å². The second-order valence-electron chi connectivity index (χ2n) is 7.78. The van der Waals surface area contributed by atoms with Gasteiger partial charge in [-0.2, -0.15) is 0 Å². The van der Waals surface area contributed by atoms with Crippen LogP contribution in [0.25, 0.3) is 10.9 Å². The number of rotatable bonds is 5. The summed E-state index contributed by atoms with van der Waals surface area (Å²) in [5.74, 6) is 0.263. The number of carbonyl (C=O) groups excluding carboxylic acids is 2. The zero-order valence-electron chi connectivity index (χ0n) is 14.6. The number of ketones is 2. The maximum absolute atomic E-state index is 12.3. The Kier molecular flexibility index (Phi) is 4.56. The van der Waals surface area contributed by atoms with Crippen molar-refractivity contribution in [2.24, 2.45) is 5.41 Å². The molecule has 5 heteroatoms. The molecule has 0 spiro atoms. The van der Waals surface area contributed by atoms with E-state index in [0.717, 1.165) is 55.1 Å². The molecule has 3 saturated carbocycles. The maximum Gasteiger partial charge on any atom is 0.177 e. The molecular formula is C21H21Cl2NO2. The van der Waals surface area contributed by atoms with Crippen molar-refractivity contribution in [3.8, 4) is 0 Å². The molecule has 0 aliphatic heterocycles. The quantitative estimate of drug-likeness (QED) is 0.530. The van der Waals surface area contributed by atoms with Gasteiger partial charge in [0.15, 0.2) is 11.6 Å². The number of benzene rings is 1. The van der Waals surface area contributed by atoms with Crippen molar-refractivity contribution in [1.82, 2.24) is 4.98 Å². The lowest BCUT2D eigenvalue weighted by Gasteiger charge is -2.52. The second kappa shape index (κ2) is 6.61. The Hall–Kier alpha value is -1.45. The van der Waals surface area contributed by atoms with E-state index in [1.54, 1.807) is 6.07 Å². The third-order valence-electron chi connectivity index (χ3n) is 6.64. The fraction of sp³-hybridized carbons (Fsp3) is 0.476. The third kappa shape index (κ3) is 2.76. The van der Waals surface area contributed by atoms with Gasteiger partial charge in [0.1, 0.15) is 0 Å². The minimum absolute atomic E-state index is 0.0110. The molecule has 3 aliphatic carbocycles. The summed E-state index contributed by atoms with van der Waals surface area (Å²) < 4.78 is 0. The normalized spacial score (nSPS) is 27.6. The van der Waals surface area contributed by atoms with Crippen molar-refractivity contribution < 1.29 is 9.59 Å². The topological polar surface area (TPSA) is 47.0 Å². The third-order valence-corrected chi connectivity index (χ3v) is 7.12. The van der Waals surface area contributed by atoms with Gasteiger partial charge in [-0.1, -0.05) is 6.07 Å². The number of Topliss-reactive ketones (excluding diaryl/α,β-unsaturated/α-hetero) is 2. The molecule has 3 fully saturated rings. The highest BCUT2D eigenvalue weighted by Crippen LogP contribution is 2.57. The molecule has 0 radical (unpaired) electrons. The Labute approximate surface area is 163 Å². The van der Waals surface area contributed by atoms with Crippen LogP contribution in [0.15, 0.2) is 30.3 Å². The summed E-state index contributed by atoms with van der Waals surface area (Å²) in [7, 11) is 0. The van der Waals surface area contributed by atoms with Crippen molar-refractivity contribution in [2.45, 2.75) is 43.9 Å². The molecule has 0 amide bonds. The molecule has 1 aromatic carbocycles. The summed E-state index contributed by atoms with van der Waals surface area (Å²) in [6, 6.07) is 9.72. The molecule has 2 bridgehead atoms. The van der Waals surface area contributed by atoms with E-state index in [9.17, 15) is 9.59 Å². The zero-order valence-corrected chi connectivity index (χ0v) is 16.1. The van der Waals surface area contributed by atoms with Crippen LogP contribution in [-0.2, 0) is 10.2 Å². The van der Waals surface area contributed by atoms with Crippen LogP contribution < -0.4 is 0 Å². The summed E-state index contributed by atoms with van der Waals surface area (Å²) in [5, 5.41) is 0.958. The lowest BCUT2D eigenvalue weighted by Crippen LogP contribution is -2.48. The first kappa shape index (κ1) is 17.9. The molecule has 0 saturated heterocycles. The van der Waals surface area contributed by atoms with E-state index in [2.05, 4.69) is 12.1 Å². The van der Waals surface area contributed by atoms with Gasteiger partial charge >= 0.3 is 0 Å². The number of carbonyl (C=O) groups is 2. The van der Waals surface area contributed by atoms with Gasteiger partial charge in [-0.25, -0.2) is 0 Å². The summed E-state index contributed by atoms with van der Waals surface area (Å²) in [4.78, 5) is 29.0. The first-order valence-electron chi connectivity index (χ1n) is 9.12. The van der Waals surface area contributed by atoms with Crippen molar-refractivity contribution in [2.75, 3.05) is 11.8 Å². The van der Waals surface area contributed by atoms with Gasteiger partial charge < -0.3 is 0 Å². The van der Waals surface area contributed by atoms with E-state index in [-0.39, 0.29) is 34.2 Å². The summed E-state index contributed by atoms with van der Waals surface area (Å²) in [6.45, 7) is 0. The maximum atomic E-state index is 12.3. The molecule has 1 aromatic heterocycles. The molecule has 0 unspecified atom stereocenters. The van der Waals surface area contributed by atoms with Gasteiger partial charge in [-0.15, -0.1) is 23.2 Å². The van der Waals surface area contributed by atoms with Gasteiger partial charge in [-0.05, 0) is 62.8 Å². The molecule has 0 N–H and O–H groups in total. The fourth-order valence-corrected chi connectivity index (χ4v) is 5.24. The summed E-state index contributed by atoms with van der Waals surface area (Å²) >= 11 is 11.5. The SMILES string of the molecule is O=C(CCl)c1ccc2nc(C34CCC(C(=O)CCl)(CC3)CC4)ccc2c1. The van der Waals surface area contributed by atoms with Crippen LogP contribution in [0, 0.1) is 5.41 Å². The first-order chi connectivity index (χ1) is 12.5. The average molecular weight is 390 g/mol. The monoisotopic (exact) mass is 389 g/mol. The molecule has 5 rings (SSSR count). The minimum atomic E-state index is -0.183. The predicted molar refractivity (Wildman–Crippen MR) is 104 cm³/mol. The number of alkyl halides is 2. The molecule has 3 aliphatic rings. The van der Waals surface area contributed by atoms with Gasteiger partial charge in [0.05, 0.1) is 17.3 Å². The van der Waals surface area contributed by atoms with Crippen LogP contribution in [0.5, 0.6) is 0 Å². The van der Waals surface area contributed by atoms with Gasteiger partial charge in [0, 0.05) is 27.5 Å². The number of fused-ring (bicyclic) bond motifs is 4. The molecule has 0 atom stereocenters. The van der Waals surface area contributed by atoms with Crippen LogP contribution in [-0.4, -0.2) is 28.3 Å². The summed E-state index contributed by atoms with van der Waals surface area (Å²) in [6.07, 6.45) is 5.75. The van der Waals surface area contributed by atoms with Crippen LogP contribution in [0.1, 0.15) is 54.6 Å². The standard InChI is InChI=1S/C21H21Cl2NO2/c22-12-17(25)15-1-3-16-14(11-15)2-4-18(24-16)20-5-8-21(9-6-20,10-7-20)19(26)13-23/h1-4,11H,5-10,12-13H2. The highest BCUT2D eigenvalue weighted by atomic mass is 35.5. The molecule has 26 heavy (non-hydrogen) atoms. The van der Waals surface area contributed by atoms with Crippen LogP contribution >= 0.6 is 23.2 Å². The number of nitrogens with zero attached hydrogens (tertiary/aromatic N) is 1. The number of hydrogen-bond acceptors (Lipinski definition) is 3. The molecule has 2 aromatic rings. The molecule has 3 nitrogen and oxygen atoms in total. The number of pyridine rings is 1. The van der Waals surface area contributed by atoms with E-state index in [0.29, 0.717) is 5.56 Å². The van der Waals surface area contributed by atoms with Crippen LogP contribution in [0.2, 0.25) is 0 Å². The predicted octanol–water partition coefficient (Wildman–Crippen LogP) is 5.06. The number of aromatic nitrogens is 1. The van der Waals surface area contributed by atoms with Gasteiger partial charge in [0.25, 0.3) is 0 Å². The Bertz CT molecular complexity index is 868. The lowest BCUT2D eigenvalue weighted by atomic mass is 9.51. The van der Waals surface area contributed by atoms with Gasteiger partial charge in [0.2, 0.25) is 0 Å². The smallest absolute Gasteiger partial charge is 0.177 e. The van der Waals surface area contributed by atoms with E-state index < -0.39 is 0 Å². The number of hydrogen-bond donors (Lipinski definition) is 0. The molecule has 136 valence electrons. The minimum Gasteiger partial charge on any atom is -0.298 e. The molecular weight excluding hydrogens is 369 g/mol. The molecule has 1 heterocycles. The van der Waals surface area contributed by atoms with Crippen LogP contribution in [0.4, 0.5) is 0 Å². The Balaban J connectivity index is 1.64. The summed E-state index contributed by atoms with van der Waals surface area (Å²) in [5.41, 5.74) is 2.54. The zero-order chi connectivity index (χ0) is 18.4. The van der Waals surface area contributed by atoms with Gasteiger partial charge in [-0.3, -0.25) is 14.6 Å². The van der Waals surface area contributed by atoms with E-state index in [1.165, 1.54) is 0 Å². The highest BCUT2D eigenvalue weighted by molar-refractivity contribution is 6.30. The highest BCUT2D eigenvalue weighted by Gasteiger charge is 2.52. The Morgan fingerprint density at radius 1 is 0.923 bits per heavy atom. The second-order valence-corrected chi connectivity index (χ2v) is 8.31. The first-order valence-corrected chi connectivity index (χ1v) is 10.2. The largest absolute Gasteiger partial charge is 0.298 e. The average Bonchev–Trinajstić information content (AvgIpc) is 2.73. The van der Waals surface area contributed by atoms with E-state index in [4.69, 9.17) is 28.2 Å². The van der Waals surface area contributed by atoms with Crippen molar-refractivity contribution in [3.63, 3.8) is 0 Å². The number of halogens is 2. The van der Waals surface area contributed by atoms with E-state index in [1.807, 2.05) is 12.1 Å². The van der Waals surface area contributed by atoms with Crippen LogP contribution in [0.3, 0.4) is 0 Å².